The van der Waals surface area contributed by atoms with Crippen molar-refractivity contribution in [2.45, 2.75) is 39.3 Å². The summed E-state index contributed by atoms with van der Waals surface area (Å²) >= 11 is 1.44. The normalized spacial score (nSPS) is 13.8. The first kappa shape index (κ1) is 25.1. The molecule has 3 heterocycles. The number of aromatic nitrogens is 2. The van der Waals surface area contributed by atoms with Crippen LogP contribution in [0.15, 0.2) is 48.0 Å². The number of hydrogen-bond acceptors (Lipinski definition) is 5. The Labute approximate surface area is 209 Å². The van der Waals surface area contributed by atoms with E-state index in [0.717, 1.165) is 36.8 Å². The summed E-state index contributed by atoms with van der Waals surface area (Å²) in [5.74, 6) is -0.980. The lowest BCUT2D eigenvalue weighted by molar-refractivity contribution is 0.0734. The second kappa shape index (κ2) is 12.1. The van der Waals surface area contributed by atoms with E-state index in [1.54, 1.807) is 22.4 Å². The predicted octanol–water partition coefficient (Wildman–Crippen LogP) is 4.01. The van der Waals surface area contributed by atoms with Gasteiger partial charge in [0, 0.05) is 36.9 Å². The van der Waals surface area contributed by atoms with Gasteiger partial charge < -0.3 is 19.7 Å². The lowest BCUT2D eigenvalue weighted by atomic mass is 10.1. The fraction of sp³-hybridized carbons (Fsp3) is 0.423. The summed E-state index contributed by atoms with van der Waals surface area (Å²) in [5.41, 5.74) is 1.44. The number of hydrogen-bond donors (Lipinski definition) is 1. The summed E-state index contributed by atoms with van der Waals surface area (Å²) in [4.78, 5) is 34.1. The topological polar surface area (TPSA) is 70.5 Å². The minimum absolute atomic E-state index is 0.0827. The van der Waals surface area contributed by atoms with E-state index in [1.807, 2.05) is 29.8 Å². The number of benzene rings is 1. The maximum atomic E-state index is 14.2. The highest BCUT2D eigenvalue weighted by Crippen LogP contribution is 2.17. The van der Waals surface area contributed by atoms with Crippen LogP contribution in [0, 0.1) is 5.82 Å². The van der Waals surface area contributed by atoms with Gasteiger partial charge in [-0.05, 0) is 56.6 Å². The third kappa shape index (κ3) is 6.55. The molecule has 0 radical (unpaired) electrons. The molecule has 0 unspecified atom stereocenters. The summed E-state index contributed by atoms with van der Waals surface area (Å²) in [5, 5.41) is 5.57. The van der Waals surface area contributed by atoms with E-state index in [2.05, 4.69) is 15.2 Å². The molecule has 9 heteroatoms. The summed E-state index contributed by atoms with van der Waals surface area (Å²) in [6, 6.07) is 9.96. The Morgan fingerprint density at radius 3 is 2.74 bits per heavy atom. The molecule has 1 aliphatic heterocycles. The molecule has 7 nitrogen and oxygen atoms in total. The van der Waals surface area contributed by atoms with Gasteiger partial charge in [-0.15, -0.1) is 11.3 Å². The Morgan fingerprint density at radius 2 is 1.97 bits per heavy atom. The molecule has 3 aromatic rings. The summed E-state index contributed by atoms with van der Waals surface area (Å²) in [6.45, 7) is 7.09. The van der Waals surface area contributed by atoms with Crippen LogP contribution in [0.2, 0.25) is 0 Å². The predicted molar refractivity (Wildman–Crippen MR) is 135 cm³/mol. The third-order valence-electron chi connectivity index (χ3n) is 6.16. The third-order valence-corrected chi connectivity index (χ3v) is 7.00. The largest absolute Gasteiger partial charge is 0.349 e. The van der Waals surface area contributed by atoms with Gasteiger partial charge in [-0.2, -0.15) is 0 Å². The Morgan fingerprint density at radius 1 is 1.17 bits per heavy atom. The molecular formula is C26H32FN5O2S. The SMILES string of the molecule is CCCN(Cc1cccn1Cc1nc(C(=O)NCCN2CCCC2)cs1)C(=O)c1ccccc1F. The number of thiazole rings is 1. The fourth-order valence-electron chi connectivity index (χ4n) is 4.33. The molecule has 0 saturated carbocycles. The molecule has 186 valence electrons. The van der Waals surface area contributed by atoms with Crippen LogP contribution in [0.25, 0.3) is 0 Å². The van der Waals surface area contributed by atoms with Gasteiger partial charge in [0.1, 0.15) is 16.5 Å². The minimum atomic E-state index is -0.511. The fourth-order valence-corrected chi connectivity index (χ4v) is 5.10. The van der Waals surface area contributed by atoms with Crippen molar-refractivity contribution in [3.63, 3.8) is 0 Å². The van der Waals surface area contributed by atoms with Gasteiger partial charge in [0.15, 0.2) is 0 Å². The van der Waals surface area contributed by atoms with E-state index in [1.165, 1.54) is 36.3 Å². The minimum Gasteiger partial charge on any atom is -0.349 e. The summed E-state index contributed by atoms with van der Waals surface area (Å²) < 4.78 is 16.2. The van der Waals surface area contributed by atoms with Crippen LogP contribution < -0.4 is 5.32 Å². The number of likely N-dealkylation sites (tertiary alicyclic amines) is 1. The Bertz CT molecular complexity index is 1140. The highest BCUT2D eigenvalue weighted by molar-refractivity contribution is 7.09. The standard InChI is InChI=1S/C26H32FN5O2S/c1-2-12-32(26(34)21-9-3-4-10-22(21)27)17-20-8-7-15-31(20)18-24-29-23(19-35-24)25(33)28-11-16-30-13-5-6-14-30/h3-4,7-10,15,19H,2,5-6,11-14,16-18H2,1H3,(H,28,33). The Hall–Kier alpha value is -3.04. The summed E-state index contributed by atoms with van der Waals surface area (Å²) in [6.07, 6.45) is 5.17. The van der Waals surface area contributed by atoms with E-state index < -0.39 is 5.82 Å². The van der Waals surface area contributed by atoms with E-state index in [9.17, 15) is 14.0 Å². The van der Waals surface area contributed by atoms with E-state index in [-0.39, 0.29) is 17.4 Å². The molecule has 1 aliphatic rings. The average molecular weight is 498 g/mol. The first-order chi connectivity index (χ1) is 17.0. The van der Waals surface area contributed by atoms with Gasteiger partial charge in [-0.1, -0.05) is 19.1 Å². The zero-order valence-electron chi connectivity index (χ0n) is 20.1. The molecule has 0 bridgehead atoms. The van der Waals surface area contributed by atoms with Gasteiger partial charge in [-0.25, -0.2) is 9.37 Å². The highest BCUT2D eigenvalue weighted by atomic mass is 32.1. The van der Waals surface area contributed by atoms with Gasteiger partial charge in [0.2, 0.25) is 0 Å². The van der Waals surface area contributed by atoms with Crippen molar-refractivity contribution >= 4 is 23.2 Å². The van der Waals surface area contributed by atoms with Crippen molar-refractivity contribution in [1.29, 1.82) is 0 Å². The number of carbonyl (C=O) groups is 2. The van der Waals surface area contributed by atoms with Crippen LogP contribution in [0.5, 0.6) is 0 Å². The number of rotatable bonds is 11. The maximum absolute atomic E-state index is 14.2. The number of halogens is 1. The number of nitrogens with zero attached hydrogens (tertiary/aromatic N) is 4. The van der Waals surface area contributed by atoms with Crippen LogP contribution >= 0.6 is 11.3 Å². The van der Waals surface area contributed by atoms with E-state index in [0.29, 0.717) is 31.9 Å². The smallest absolute Gasteiger partial charge is 0.270 e. The second-order valence-electron chi connectivity index (χ2n) is 8.77. The number of carbonyl (C=O) groups excluding carboxylic acids is 2. The number of nitrogens with one attached hydrogen (secondary N) is 1. The van der Waals surface area contributed by atoms with Crippen molar-refractivity contribution < 1.29 is 14.0 Å². The number of amides is 2. The van der Waals surface area contributed by atoms with Crippen molar-refractivity contribution in [3.05, 3.63) is 75.8 Å². The zero-order chi connectivity index (χ0) is 24.6. The van der Waals surface area contributed by atoms with E-state index >= 15 is 0 Å². The zero-order valence-corrected chi connectivity index (χ0v) is 20.9. The molecular weight excluding hydrogens is 465 g/mol. The summed E-state index contributed by atoms with van der Waals surface area (Å²) in [7, 11) is 0. The van der Waals surface area contributed by atoms with Gasteiger partial charge in [-0.3, -0.25) is 9.59 Å². The first-order valence-corrected chi connectivity index (χ1v) is 13.1. The molecule has 2 amide bonds. The highest BCUT2D eigenvalue weighted by Gasteiger charge is 2.20. The first-order valence-electron chi connectivity index (χ1n) is 12.2. The Balaban J connectivity index is 1.37. The quantitative estimate of drug-likeness (QED) is 0.435. The molecule has 35 heavy (non-hydrogen) atoms. The molecule has 1 saturated heterocycles. The van der Waals surface area contributed by atoms with E-state index in [4.69, 9.17) is 0 Å². The molecule has 1 fully saturated rings. The molecule has 0 atom stereocenters. The van der Waals surface area contributed by atoms with Crippen molar-refractivity contribution in [3.8, 4) is 0 Å². The van der Waals surface area contributed by atoms with Crippen LogP contribution in [-0.2, 0) is 13.1 Å². The van der Waals surface area contributed by atoms with Gasteiger partial charge in [0.25, 0.3) is 11.8 Å². The lowest BCUT2D eigenvalue weighted by Gasteiger charge is -2.23. The molecule has 1 aromatic carbocycles. The van der Waals surface area contributed by atoms with Crippen molar-refractivity contribution in [2.24, 2.45) is 0 Å². The second-order valence-corrected chi connectivity index (χ2v) is 9.71. The van der Waals surface area contributed by atoms with Crippen LogP contribution in [0.1, 0.15) is 57.7 Å². The van der Waals surface area contributed by atoms with Crippen molar-refractivity contribution in [1.82, 2.24) is 24.7 Å². The molecule has 4 rings (SSSR count). The molecule has 0 spiro atoms. The van der Waals surface area contributed by atoms with Crippen LogP contribution in [0.4, 0.5) is 4.39 Å². The lowest BCUT2D eigenvalue weighted by Crippen LogP contribution is -2.33. The van der Waals surface area contributed by atoms with Gasteiger partial charge in [0.05, 0.1) is 18.7 Å². The average Bonchev–Trinajstić information content (AvgIpc) is 3.62. The monoisotopic (exact) mass is 497 g/mol. The maximum Gasteiger partial charge on any atom is 0.270 e. The molecule has 1 N–H and O–H groups in total. The van der Waals surface area contributed by atoms with Gasteiger partial charge >= 0.3 is 0 Å². The van der Waals surface area contributed by atoms with Crippen LogP contribution in [-0.4, -0.2) is 63.9 Å². The van der Waals surface area contributed by atoms with Crippen LogP contribution in [0.3, 0.4) is 0 Å². The Kier molecular flexibility index (Phi) is 8.65. The molecule has 0 aliphatic carbocycles. The van der Waals surface area contributed by atoms with Crippen molar-refractivity contribution in [2.75, 3.05) is 32.7 Å². The molecule has 2 aromatic heterocycles.